The van der Waals surface area contributed by atoms with Gasteiger partial charge in [0.2, 0.25) is 5.91 Å². The molecule has 4 heteroatoms. The monoisotopic (exact) mass is 210 g/mol. The second-order valence-electron chi connectivity index (χ2n) is 2.92. The molecular weight excluding hydrogens is 196 g/mol. The highest BCUT2D eigenvalue weighted by Gasteiger charge is 2.00. The third kappa shape index (κ3) is 3.70. The Labute approximate surface area is 88.1 Å². The Morgan fingerprint density at radius 3 is 3.00 bits per heavy atom. The molecule has 0 aliphatic heterocycles. The SMILES string of the molecule is CSCCC(=O)Nc1cccc(N)c1. The Balaban J connectivity index is 2.47. The van der Waals surface area contributed by atoms with Crippen molar-refractivity contribution in [3.05, 3.63) is 24.3 Å². The highest BCUT2D eigenvalue weighted by atomic mass is 32.2. The summed E-state index contributed by atoms with van der Waals surface area (Å²) in [5.41, 5.74) is 7.00. The molecule has 0 bridgehead atoms. The van der Waals surface area contributed by atoms with Gasteiger partial charge in [-0.3, -0.25) is 4.79 Å². The zero-order valence-corrected chi connectivity index (χ0v) is 8.93. The van der Waals surface area contributed by atoms with Crippen molar-refractivity contribution in [2.24, 2.45) is 0 Å². The summed E-state index contributed by atoms with van der Waals surface area (Å²) in [5, 5.41) is 2.79. The molecule has 0 unspecified atom stereocenters. The van der Waals surface area contributed by atoms with Crippen LogP contribution in [-0.4, -0.2) is 17.9 Å². The molecule has 0 aromatic heterocycles. The van der Waals surface area contributed by atoms with Crippen LogP contribution in [0.2, 0.25) is 0 Å². The van der Waals surface area contributed by atoms with Crippen LogP contribution in [0, 0.1) is 0 Å². The molecule has 0 aliphatic rings. The molecule has 14 heavy (non-hydrogen) atoms. The van der Waals surface area contributed by atoms with Crippen molar-refractivity contribution in [3.8, 4) is 0 Å². The first-order valence-corrected chi connectivity index (χ1v) is 5.76. The van der Waals surface area contributed by atoms with Gasteiger partial charge in [-0.1, -0.05) is 6.07 Å². The summed E-state index contributed by atoms with van der Waals surface area (Å²) in [6.45, 7) is 0. The predicted molar refractivity (Wildman–Crippen MR) is 62.5 cm³/mol. The van der Waals surface area contributed by atoms with Gasteiger partial charge in [0.05, 0.1) is 0 Å². The third-order valence-electron chi connectivity index (χ3n) is 1.70. The van der Waals surface area contributed by atoms with Crippen molar-refractivity contribution in [1.82, 2.24) is 0 Å². The largest absolute Gasteiger partial charge is 0.399 e. The molecule has 1 aromatic rings. The summed E-state index contributed by atoms with van der Waals surface area (Å²) < 4.78 is 0. The van der Waals surface area contributed by atoms with Crippen molar-refractivity contribution >= 4 is 29.0 Å². The van der Waals surface area contributed by atoms with Crippen molar-refractivity contribution in [3.63, 3.8) is 0 Å². The second kappa shape index (κ2) is 5.54. The van der Waals surface area contributed by atoms with Crippen LogP contribution >= 0.6 is 11.8 Å². The van der Waals surface area contributed by atoms with E-state index in [2.05, 4.69) is 5.32 Å². The Hall–Kier alpha value is -1.16. The molecule has 0 radical (unpaired) electrons. The van der Waals surface area contributed by atoms with E-state index in [4.69, 9.17) is 5.73 Å². The van der Waals surface area contributed by atoms with E-state index in [1.165, 1.54) is 0 Å². The number of nitrogens with two attached hydrogens (primary N) is 1. The number of carbonyl (C=O) groups is 1. The maximum atomic E-state index is 11.3. The van der Waals surface area contributed by atoms with E-state index in [1.54, 1.807) is 23.9 Å². The molecular formula is C10H14N2OS. The van der Waals surface area contributed by atoms with Gasteiger partial charge in [-0.15, -0.1) is 0 Å². The third-order valence-corrected chi connectivity index (χ3v) is 2.32. The van der Waals surface area contributed by atoms with Crippen molar-refractivity contribution in [1.29, 1.82) is 0 Å². The minimum absolute atomic E-state index is 0.0324. The lowest BCUT2D eigenvalue weighted by atomic mass is 10.3. The standard InChI is InChI=1S/C10H14N2OS/c1-14-6-5-10(13)12-9-4-2-3-8(11)7-9/h2-4,7H,5-6,11H2,1H3,(H,12,13). The normalized spacial score (nSPS) is 9.79. The van der Waals surface area contributed by atoms with Gasteiger partial charge >= 0.3 is 0 Å². The molecule has 1 amide bonds. The van der Waals surface area contributed by atoms with Gasteiger partial charge in [-0.25, -0.2) is 0 Å². The van der Waals surface area contributed by atoms with Gasteiger partial charge in [0.25, 0.3) is 0 Å². The van der Waals surface area contributed by atoms with E-state index < -0.39 is 0 Å². The Bertz CT molecular complexity index is 315. The molecule has 0 saturated heterocycles. The Kier molecular flexibility index (Phi) is 4.32. The van der Waals surface area contributed by atoms with Crippen LogP contribution in [-0.2, 0) is 4.79 Å². The number of hydrogen-bond donors (Lipinski definition) is 2. The fraction of sp³-hybridized carbons (Fsp3) is 0.300. The predicted octanol–water partition coefficient (Wildman–Crippen LogP) is 1.96. The lowest BCUT2D eigenvalue weighted by Crippen LogP contribution is -2.12. The molecule has 0 heterocycles. The number of anilines is 2. The summed E-state index contributed by atoms with van der Waals surface area (Å²) in [6.07, 6.45) is 2.52. The fourth-order valence-corrected chi connectivity index (χ4v) is 1.42. The van der Waals surface area contributed by atoms with Crippen LogP contribution in [0.3, 0.4) is 0 Å². The summed E-state index contributed by atoms with van der Waals surface area (Å²) in [4.78, 5) is 11.3. The van der Waals surface area contributed by atoms with Gasteiger partial charge < -0.3 is 11.1 Å². The number of amides is 1. The number of nitrogen functional groups attached to an aromatic ring is 1. The molecule has 0 fully saturated rings. The maximum Gasteiger partial charge on any atom is 0.225 e. The van der Waals surface area contributed by atoms with E-state index in [-0.39, 0.29) is 5.91 Å². The number of thioether (sulfide) groups is 1. The van der Waals surface area contributed by atoms with E-state index in [0.717, 1.165) is 11.4 Å². The van der Waals surface area contributed by atoms with Crippen LogP contribution in [0.4, 0.5) is 11.4 Å². The minimum Gasteiger partial charge on any atom is -0.399 e. The van der Waals surface area contributed by atoms with Gasteiger partial charge in [-0.05, 0) is 24.5 Å². The van der Waals surface area contributed by atoms with E-state index in [9.17, 15) is 4.79 Å². The Morgan fingerprint density at radius 1 is 1.57 bits per heavy atom. The average Bonchev–Trinajstić information content (AvgIpc) is 2.15. The molecule has 0 saturated carbocycles. The van der Waals surface area contributed by atoms with Crippen LogP contribution < -0.4 is 11.1 Å². The first-order chi connectivity index (χ1) is 6.72. The van der Waals surface area contributed by atoms with Crippen LogP contribution in [0.1, 0.15) is 6.42 Å². The molecule has 3 nitrogen and oxygen atoms in total. The maximum absolute atomic E-state index is 11.3. The summed E-state index contributed by atoms with van der Waals surface area (Å²) in [5.74, 6) is 0.874. The van der Waals surface area contributed by atoms with Crippen molar-refractivity contribution in [2.75, 3.05) is 23.1 Å². The van der Waals surface area contributed by atoms with Crippen molar-refractivity contribution < 1.29 is 4.79 Å². The van der Waals surface area contributed by atoms with Crippen molar-refractivity contribution in [2.45, 2.75) is 6.42 Å². The van der Waals surface area contributed by atoms with Crippen LogP contribution in [0.5, 0.6) is 0 Å². The van der Waals surface area contributed by atoms with E-state index >= 15 is 0 Å². The number of hydrogen-bond acceptors (Lipinski definition) is 3. The summed E-state index contributed by atoms with van der Waals surface area (Å²) in [7, 11) is 0. The number of nitrogens with one attached hydrogen (secondary N) is 1. The van der Waals surface area contributed by atoms with E-state index in [0.29, 0.717) is 12.1 Å². The molecule has 1 rings (SSSR count). The van der Waals surface area contributed by atoms with E-state index in [1.807, 2.05) is 18.4 Å². The van der Waals surface area contributed by atoms with Gasteiger partial charge in [0.1, 0.15) is 0 Å². The summed E-state index contributed by atoms with van der Waals surface area (Å²) in [6, 6.07) is 7.18. The van der Waals surface area contributed by atoms with Gasteiger partial charge in [-0.2, -0.15) is 11.8 Å². The molecule has 0 aliphatic carbocycles. The Morgan fingerprint density at radius 2 is 2.36 bits per heavy atom. The average molecular weight is 210 g/mol. The molecule has 3 N–H and O–H groups in total. The topological polar surface area (TPSA) is 55.1 Å². The number of benzene rings is 1. The molecule has 1 aromatic carbocycles. The molecule has 0 spiro atoms. The fourth-order valence-electron chi connectivity index (χ4n) is 1.03. The zero-order valence-electron chi connectivity index (χ0n) is 8.12. The second-order valence-corrected chi connectivity index (χ2v) is 3.90. The van der Waals surface area contributed by atoms with Crippen LogP contribution in [0.25, 0.3) is 0 Å². The summed E-state index contributed by atoms with van der Waals surface area (Å²) >= 11 is 1.66. The number of carbonyl (C=O) groups excluding carboxylic acids is 1. The van der Waals surface area contributed by atoms with Gasteiger partial charge in [0, 0.05) is 23.5 Å². The highest BCUT2D eigenvalue weighted by Crippen LogP contribution is 2.12. The zero-order chi connectivity index (χ0) is 10.4. The smallest absolute Gasteiger partial charge is 0.225 e. The highest BCUT2D eigenvalue weighted by molar-refractivity contribution is 7.98. The first kappa shape index (κ1) is 10.9. The lowest BCUT2D eigenvalue weighted by molar-refractivity contribution is -0.115. The molecule has 76 valence electrons. The minimum atomic E-state index is 0.0324. The molecule has 0 atom stereocenters. The van der Waals surface area contributed by atoms with Gasteiger partial charge in [0.15, 0.2) is 0 Å². The quantitative estimate of drug-likeness (QED) is 0.747. The lowest BCUT2D eigenvalue weighted by Gasteiger charge is -2.04. The first-order valence-electron chi connectivity index (χ1n) is 4.36. The van der Waals surface area contributed by atoms with Crippen LogP contribution in [0.15, 0.2) is 24.3 Å². The number of rotatable bonds is 4.